The van der Waals surface area contributed by atoms with Gasteiger partial charge in [0.15, 0.2) is 9.84 Å². The smallest absolute Gasteiger partial charge is 0.185 e. The number of nitriles is 1. The molecule has 0 spiro atoms. The van der Waals surface area contributed by atoms with Crippen molar-refractivity contribution < 1.29 is 12.8 Å². The van der Waals surface area contributed by atoms with E-state index in [4.69, 9.17) is 5.26 Å². The number of allylic oxidation sites excluding steroid dienone is 1. The summed E-state index contributed by atoms with van der Waals surface area (Å²) in [5, 5.41) is 8.61. The molecule has 1 aromatic rings. The van der Waals surface area contributed by atoms with Crippen LogP contribution in [0, 0.1) is 17.1 Å². The molecule has 1 aromatic carbocycles. The standard InChI is InChI=1S/C10H8FNO2S/c1-15(13,14)10(7-12)6-8-2-4-9(11)5-3-8/h2-6H,1H3/b10-6-. The molecule has 3 nitrogen and oxygen atoms in total. The Hall–Kier alpha value is -1.67. The molecule has 0 amide bonds. The van der Waals surface area contributed by atoms with E-state index in [0.717, 1.165) is 6.26 Å². The van der Waals surface area contributed by atoms with E-state index in [1.807, 2.05) is 0 Å². The highest BCUT2D eigenvalue weighted by molar-refractivity contribution is 7.95. The summed E-state index contributed by atoms with van der Waals surface area (Å²) in [6, 6.07) is 6.78. The SMILES string of the molecule is CS(=O)(=O)/C(C#N)=C\c1ccc(F)cc1. The fraction of sp³-hybridized carbons (Fsp3) is 0.100. The van der Waals surface area contributed by atoms with Gasteiger partial charge in [0.25, 0.3) is 0 Å². The van der Waals surface area contributed by atoms with Crippen LogP contribution in [0.2, 0.25) is 0 Å². The average molecular weight is 225 g/mol. The van der Waals surface area contributed by atoms with E-state index in [9.17, 15) is 12.8 Å². The number of hydrogen-bond acceptors (Lipinski definition) is 3. The molecule has 0 heterocycles. The fourth-order valence-corrected chi connectivity index (χ4v) is 1.45. The van der Waals surface area contributed by atoms with Crippen LogP contribution in [0.25, 0.3) is 6.08 Å². The van der Waals surface area contributed by atoms with Crippen LogP contribution in [0.1, 0.15) is 5.56 Å². The van der Waals surface area contributed by atoms with Gasteiger partial charge in [-0.25, -0.2) is 12.8 Å². The van der Waals surface area contributed by atoms with Gasteiger partial charge < -0.3 is 0 Å². The third kappa shape index (κ3) is 3.18. The molecule has 0 radical (unpaired) electrons. The monoisotopic (exact) mass is 225 g/mol. The molecule has 0 aliphatic rings. The Labute approximate surface area is 87.4 Å². The normalized spacial score (nSPS) is 12.2. The zero-order chi connectivity index (χ0) is 11.5. The molecular weight excluding hydrogens is 217 g/mol. The van der Waals surface area contributed by atoms with Gasteiger partial charge >= 0.3 is 0 Å². The maximum atomic E-state index is 12.5. The fourth-order valence-electron chi connectivity index (χ4n) is 0.933. The maximum Gasteiger partial charge on any atom is 0.185 e. The van der Waals surface area contributed by atoms with Gasteiger partial charge in [0.1, 0.15) is 16.8 Å². The first-order valence-electron chi connectivity index (χ1n) is 4.01. The zero-order valence-electron chi connectivity index (χ0n) is 7.94. The number of nitrogens with zero attached hydrogens (tertiary/aromatic N) is 1. The average Bonchev–Trinajstić information content (AvgIpc) is 2.15. The van der Waals surface area contributed by atoms with Gasteiger partial charge in [-0.05, 0) is 23.8 Å². The summed E-state index contributed by atoms with van der Waals surface area (Å²) in [7, 11) is -3.52. The second-order valence-electron chi connectivity index (χ2n) is 2.94. The summed E-state index contributed by atoms with van der Waals surface area (Å²) in [6.45, 7) is 0. The summed E-state index contributed by atoms with van der Waals surface area (Å²) in [6.07, 6.45) is 2.15. The molecule has 78 valence electrons. The summed E-state index contributed by atoms with van der Waals surface area (Å²) >= 11 is 0. The number of sulfone groups is 1. The molecule has 0 bridgehead atoms. The largest absolute Gasteiger partial charge is 0.223 e. The summed E-state index contributed by atoms with van der Waals surface area (Å²) in [5.74, 6) is -0.412. The topological polar surface area (TPSA) is 57.9 Å². The van der Waals surface area contributed by atoms with Gasteiger partial charge in [-0.15, -0.1) is 0 Å². The number of halogens is 1. The molecule has 5 heteroatoms. The minimum atomic E-state index is -3.52. The molecule has 0 N–H and O–H groups in total. The molecule has 0 fully saturated rings. The molecule has 0 saturated carbocycles. The van der Waals surface area contributed by atoms with E-state index in [0.29, 0.717) is 5.56 Å². The molecule has 0 saturated heterocycles. The molecule has 1 rings (SSSR count). The summed E-state index contributed by atoms with van der Waals surface area (Å²) in [5.41, 5.74) is 0.471. The predicted octanol–water partition coefficient (Wildman–Crippen LogP) is 1.73. The van der Waals surface area contributed by atoms with E-state index in [1.54, 1.807) is 6.07 Å². The van der Waals surface area contributed by atoms with Crippen molar-refractivity contribution in [2.24, 2.45) is 0 Å². The maximum absolute atomic E-state index is 12.5. The van der Waals surface area contributed by atoms with Crippen molar-refractivity contribution in [1.29, 1.82) is 5.26 Å². The second kappa shape index (κ2) is 4.24. The van der Waals surface area contributed by atoms with E-state index >= 15 is 0 Å². The van der Waals surface area contributed by atoms with E-state index in [-0.39, 0.29) is 4.91 Å². The molecule has 0 aliphatic carbocycles. The molecular formula is C10H8FNO2S. The molecule has 15 heavy (non-hydrogen) atoms. The Balaban J connectivity index is 3.17. The van der Waals surface area contributed by atoms with Crippen LogP contribution < -0.4 is 0 Å². The van der Waals surface area contributed by atoms with E-state index < -0.39 is 15.7 Å². The van der Waals surface area contributed by atoms with Crippen molar-refractivity contribution in [3.8, 4) is 6.07 Å². The van der Waals surface area contributed by atoms with Crippen LogP contribution in [0.4, 0.5) is 4.39 Å². The third-order valence-corrected chi connectivity index (χ3v) is 2.69. The van der Waals surface area contributed by atoms with Crippen molar-refractivity contribution in [3.05, 3.63) is 40.6 Å². The zero-order valence-corrected chi connectivity index (χ0v) is 8.75. The van der Waals surface area contributed by atoms with Crippen molar-refractivity contribution in [3.63, 3.8) is 0 Å². The van der Waals surface area contributed by atoms with Gasteiger partial charge in [0, 0.05) is 6.26 Å². The first-order valence-corrected chi connectivity index (χ1v) is 5.90. The lowest BCUT2D eigenvalue weighted by Crippen LogP contribution is -1.98. The van der Waals surface area contributed by atoms with Crippen LogP contribution >= 0.6 is 0 Å². The van der Waals surface area contributed by atoms with E-state index in [2.05, 4.69) is 0 Å². The first kappa shape index (κ1) is 11.4. The van der Waals surface area contributed by atoms with Crippen LogP contribution in [-0.4, -0.2) is 14.7 Å². The quantitative estimate of drug-likeness (QED) is 0.720. The molecule has 0 unspecified atom stereocenters. The van der Waals surface area contributed by atoms with Crippen molar-refractivity contribution in [2.75, 3.05) is 6.26 Å². The van der Waals surface area contributed by atoms with Gasteiger partial charge in [0.2, 0.25) is 0 Å². The van der Waals surface area contributed by atoms with Crippen molar-refractivity contribution in [1.82, 2.24) is 0 Å². The highest BCUT2D eigenvalue weighted by Crippen LogP contribution is 2.11. The Morgan fingerprint density at radius 1 is 1.40 bits per heavy atom. The van der Waals surface area contributed by atoms with Gasteiger partial charge in [-0.1, -0.05) is 12.1 Å². The minimum Gasteiger partial charge on any atom is -0.223 e. The molecule has 0 atom stereocenters. The highest BCUT2D eigenvalue weighted by Gasteiger charge is 2.09. The van der Waals surface area contributed by atoms with Crippen molar-refractivity contribution >= 4 is 15.9 Å². The number of benzene rings is 1. The Bertz CT molecular complexity index is 524. The lowest BCUT2D eigenvalue weighted by Gasteiger charge is -1.95. The molecule has 0 aliphatic heterocycles. The highest BCUT2D eigenvalue weighted by atomic mass is 32.2. The van der Waals surface area contributed by atoms with Gasteiger partial charge in [-0.3, -0.25) is 0 Å². The molecule has 0 aromatic heterocycles. The van der Waals surface area contributed by atoms with Crippen LogP contribution in [0.5, 0.6) is 0 Å². The summed E-state index contributed by atoms with van der Waals surface area (Å²) in [4.78, 5) is -0.339. The third-order valence-electron chi connectivity index (χ3n) is 1.68. The van der Waals surface area contributed by atoms with Crippen LogP contribution in [-0.2, 0) is 9.84 Å². The van der Waals surface area contributed by atoms with Gasteiger partial charge in [-0.2, -0.15) is 5.26 Å². The minimum absolute atomic E-state index is 0.339. The lowest BCUT2D eigenvalue weighted by molar-refractivity contribution is 0.609. The lowest BCUT2D eigenvalue weighted by atomic mass is 10.2. The Kier molecular flexibility index (Phi) is 3.22. The van der Waals surface area contributed by atoms with Gasteiger partial charge in [0.05, 0.1) is 0 Å². The Morgan fingerprint density at radius 2 is 1.93 bits per heavy atom. The predicted molar refractivity (Wildman–Crippen MR) is 54.8 cm³/mol. The summed E-state index contributed by atoms with van der Waals surface area (Å²) < 4.78 is 34.7. The van der Waals surface area contributed by atoms with Crippen LogP contribution in [0.3, 0.4) is 0 Å². The second-order valence-corrected chi connectivity index (χ2v) is 4.93. The van der Waals surface area contributed by atoms with Crippen LogP contribution in [0.15, 0.2) is 29.2 Å². The van der Waals surface area contributed by atoms with Crippen molar-refractivity contribution in [2.45, 2.75) is 0 Å². The number of rotatable bonds is 2. The Morgan fingerprint density at radius 3 is 2.33 bits per heavy atom. The number of hydrogen-bond donors (Lipinski definition) is 0. The first-order chi connectivity index (χ1) is 6.93. The van der Waals surface area contributed by atoms with E-state index in [1.165, 1.54) is 30.3 Å².